The zero-order chi connectivity index (χ0) is 24.6. The van der Waals surface area contributed by atoms with E-state index in [1.165, 1.54) is 12.1 Å². The van der Waals surface area contributed by atoms with E-state index in [1.807, 2.05) is 47.5 Å². The van der Waals surface area contributed by atoms with Gasteiger partial charge in [0.05, 0.1) is 16.6 Å². The number of anilines is 1. The third-order valence-corrected chi connectivity index (χ3v) is 7.29. The lowest BCUT2D eigenvalue weighted by atomic mass is 10.1. The van der Waals surface area contributed by atoms with E-state index in [2.05, 4.69) is 14.9 Å². The molecule has 36 heavy (non-hydrogen) atoms. The standard InChI is InChI=1S/C27H23FN6OS/c1-18-2-4-19(5-3-18)24-23(16-34(31-24)21-8-6-20(28)7-9-21)27(35)33-13-11-32(12-14-33)25-22-10-15-36-26(22)30-17-29-25/h2-10,15-17H,11-14H2,1H3. The van der Waals surface area contributed by atoms with Gasteiger partial charge in [0.25, 0.3) is 5.91 Å². The third kappa shape index (κ3) is 4.11. The Morgan fingerprint density at radius 1 is 0.944 bits per heavy atom. The first kappa shape index (κ1) is 22.4. The molecule has 0 atom stereocenters. The van der Waals surface area contributed by atoms with Crippen LogP contribution in [0.15, 0.2) is 72.5 Å². The van der Waals surface area contributed by atoms with Crippen LogP contribution in [0.25, 0.3) is 27.2 Å². The molecule has 0 spiro atoms. The Kier molecular flexibility index (Phi) is 5.69. The normalized spacial score (nSPS) is 13.9. The van der Waals surface area contributed by atoms with Crippen LogP contribution in [0.5, 0.6) is 0 Å². The minimum Gasteiger partial charge on any atom is -0.352 e. The number of fused-ring (bicyclic) bond motifs is 1. The second-order valence-electron chi connectivity index (χ2n) is 8.79. The number of benzene rings is 2. The second kappa shape index (κ2) is 9.16. The number of carbonyl (C=O) groups is 1. The van der Waals surface area contributed by atoms with E-state index in [9.17, 15) is 9.18 Å². The highest BCUT2D eigenvalue weighted by Crippen LogP contribution is 2.29. The van der Waals surface area contributed by atoms with Crippen molar-refractivity contribution in [1.82, 2.24) is 24.6 Å². The predicted octanol–water partition coefficient (Wildman–Crippen LogP) is 4.95. The molecule has 180 valence electrons. The molecule has 3 aromatic heterocycles. The number of amides is 1. The van der Waals surface area contributed by atoms with Crippen molar-refractivity contribution in [3.63, 3.8) is 0 Å². The van der Waals surface area contributed by atoms with Crippen molar-refractivity contribution >= 4 is 33.3 Å². The van der Waals surface area contributed by atoms with Crippen molar-refractivity contribution < 1.29 is 9.18 Å². The lowest BCUT2D eigenvalue weighted by molar-refractivity contribution is 0.0747. The molecule has 7 nitrogen and oxygen atoms in total. The Labute approximate surface area is 211 Å². The first-order valence-corrected chi connectivity index (χ1v) is 12.6. The van der Waals surface area contributed by atoms with E-state index in [0.29, 0.717) is 43.1 Å². The van der Waals surface area contributed by atoms with Crippen LogP contribution in [0.2, 0.25) is 0 Å². The average molecular weight is 499 g/mol. The number of hydrogen-bond acceptors (Lipinski definition) is 6. The van der Waals surface area contributed by atoms with Crippen LogP contribution < -0.4 is 4.90 Å². The van der Waals surface area contributed by atoms with Crippen LogP contribution in [0.1, 0.15) is 15.9 Å². The Morgan fingerprint density at radius 3 is 2.44 bits per heavy atom. The highest BCUT2D eigenvalue weighted by atomic mass is 32.1. The summed E-state index contributed by atoms with van der Waals surface area (Å²) in [4.78, 5) is 27.6. The summed E-state index contributed by atoms with van der Waals surface area (Å²) in [5.74, 6) is 0.530. The summed E-state index contributed by atoms with van der Waals surface area (Å²) in [6.07, 6.45) is 3.35. The van der Waals surface area contributed by atoms with Gasteiger partial charge in [-0.3, -0.25) is 4.79 Å². The Bertz CT molecular complexity index is 1540. The fraction of sp³-hybridized carbons (Fsp3) is 0.185. The zero-order valence-electron chi connectivity index (χ0n) is 19.6. The van der Waals surface area contributed by atoms with Crippen molar-refractivity contribution in [1.29, 1.82) is 0 Å². The molecule has 5 aromatic rings. The molecule has 0 N–H and O–H groups in total. The predicted molar refractivity (Wildman–Crippen MR) is 139 cm³/mol. The van der Waals surface area contributed by atoms with Crippen LogP contribution in [0.3, 0.4) is 0 Å². The average Bonchev–Trinajstić information content (AvgIpc) is 3.57. The molecule has 1 fully saturated rings. The van der Waals surface area contributed by atoms with Crippen molar-refractivity contribution in [2.45, 2.75) is 6.92 Å². The largest absolute Gasteiger partial charge is 0.352 e. The van der Waals surface area contributed by atoms with Crippen LogP contribution >= 0.6 is 11.3 Å². The molecule has 0 aliphatic carbocycles. The minimum absolute atomic E-state index is 0.0676. The van der Waals surface area contributed by atoms with Gasteiger partial charge in [0.1, 0.15) is 28.5 Å². The molecule has 1 saturated heterocycles. The SMILES string of the molecule is Cc1ccc(-c2nn(-c3ccc(F)cc3)cc2C(=O)N2CCN(c3ncnc4sccc34)CC2)cc1. The number of hydrogen-bond donors (Lipinski definition) is 0. The molecule has 0 bridgehead atoms. The summed E-state index contributed by atoms with van der Waals surface area (Å²) in [6.45, 7) is 4.53. The number of thiophene rings is 1. The molecular weight excluding hydrogens is 475 g/mol. The Morgan fingerprint density at radius 2 is 1.69 bits per heavy atom. The van der Waals surface area contributed by atoms with Gasteiger partial charge in [-0.25, -0.2) is 19.0 Å². The number of rotatable bonds is 4. The number of aromatic nitrogens is 4. The molecule has 1 amide bonds. The van der Waals surface area contributed by atoms with Gasteiger partial charge < -0.3 is 9.80 Å². The molecule has 2 aromatic carbocycles. The van der Waals surface area contributed by atoms with Crippen molar-refractivity contribution in [3.8, 4) is 16.9 Å². The molecule has 0 unspecified atom stereocenters. The summed E-state index contributed by atoms with van der Waals surface area (Å²) in [5.41, 5.74) is 3.83. The smallest absolute Gasteiger partial charge is 0.257 e. The molecule has 0 radical (unpaired) electrons. The number of nitrogens with zero attached hydrogens (tertiary/aromatic N) is 6. The highest BCUT2D eigenvalue weighted by Gasteiger charge is 2.28. The summed E-state index contributed by atoms with van der Waals surface area (Å²) in [6, 6.07) is 16.1. The van der Waals surface area contributed by atoms with E-state index < -0.39 is 0 Å². The van der Waals surface area contributed by atoms with Gasteiger partial charge in [0.2, 0.25) is 0 Å². The lowest BCUT2D eigenvalue weighted by Crippen LogP contribution is -2.49. The Balaban J connectivity index is 1.29. The summed E-state index contributed by atoms with van der Waals surface area (Å²) in [7, 11) is 0. The van der Waals surface area contributed by atoms with E-state index in [4.69, 9.17) is 5.10 Å². The number of aryl methyl sites for hydroxylation is 1. The number of carbonyl (C=O) groups excluding carboxylic acids is 1. The highest BCUT2D eigenvalue weighted by molar-refractivity contribution is 7.16. The van der Waals surface area contributed by atoms with Gasteiger partial charge in [-0.1, -0.05) is 29.8 Å². The van der Waals surface area contributed by atoms with Gasteiger partial charge >= 0.3 is 0 Å². The van der Waals surface area contributed by atoms with E-state index in [-0.39, 0.29) is 11.7 Å². The van der Waals surface area contributed by atoms with Crippen LogP contribution in [-0.4, -0.2) is 56.7 Å². The monoisotopic (exact) mass is 498 g/mol. The van der Waals surface area contributed by atoms with Gasteiger partial charge in [0, 0.05) is 37.9 Å². The lowest BCUT2D eigenvalue weighted by Gasteiger charge is -2.35. The van der Waals surface area contributed by atoms with Gasteiger partial charge in [-0.15, -0.1) is 11.3 Å². The van der Waals surface area contributed by atoms with Gasteiger partial charge in [0.15, 0.2) is 0 Å². The molecule has 4 heterocycles. The first-order valence-electron chi connectivity index (χ1n) is 11.7. The van der Waals surface area contributed by atoms with Gasteiger partial charge in [-0.05, 0) is 42.6 Å². The first-order chi connectivity index (χ1) is 17.6. The van der Waals surface area contributed by atoms with E-state index >= 15 is 0 Å². The van der Waals surface area contributed by atoms with Crippen LogP contribution in [0, 0.1) is 12.7 Å². The maximum absolute atomic E-state index is 13.7. The summed E-state index contributed by atoms with van der Waals surface area (Å²) >= 11 is 1.60. The van der Waals surface area contributed by atoms with Crippen molar-refractivity contribution in [2.24, 2.45) is 0 Å². The fourth-order valence-electron chi connectivity index (χ4n) is 4.50. The minimum atomic E-state index is -0.317. The fourth-order valence-corrected chi connectivity index (χ4v) is 5.23. The summed E-state index contributed by atoms with van der Waals surface area (Å²) in [5, 5.41) is 7.80. The van der Waals surface area contributed by atoms with Crippen LogP contribution in [0.4, 0.5) is 10.2 Å². The quantitative estimate of drug-likeness (QED) is 0.351. The molecule has 0 saturated carbocycles. The zero-order valence-corrected chi connectivity index (χ0v) is 20.5. The molecule has 1 aliphatic rings. The maximum Gasteiger partial charge on any atom is 0.257 e. The third-order valence-electron chi connectivity index (χ3n) is 6.47. The van der Waals surface area contributed by atoms with E-state index in [1.54, 1.807) is 40.7 Å². The molecule has 9 heteroatoms. The van der Waals surface area contributed by atoms with Gasteiger partial charge in [-0.2, -0.15) is 5.10 Å². The van der Waals surface area contributed by atoms with Crippen molar-refractivity contribution in [3.05, 3.63) is 89.4 Å². The summed E-state index contributed by atoms with van der Waals surface area (Å²) < 4.78 is 15.1. The van der Waals surface area contributed by atoms with Crippen LogP contribution in [-0.2, 0) is 0 Å². The Hall–Kier alpha value is -4.11. The van der Waals surface area contributed by atoms with E-state index in [0.717, 1.165) is 27.2 Å². The number of halogens is 1. The number of piperazine rings is 1. The molecule has 6 rings (SSSR count). The molecule has 1 aliphatic heterocycles. The topological polar surface area (TPSA) is 67.2 Å². The molecular formula is C27H23FN6OS. The maximum atomic E-state index is 13.7. The van der Waals surface area contributed by atoms with Crippen molar-refractivity contribution in [2.75, 3.05) is 31.1 Å². The second-order valence-corrected chi connectivity index (χ2v) is 9.69.